The van der Waals surface area contributed by atoms with Crippen LogP contribution in [0.15, 0.2) is 0 Å². The second kappa shape index (κ2) is 5.00. The highest BCUT2D eigenvalue weighted by Crippen LogP contribution is 2.14. The second-order valence-corrected chi connectivity index (χ2v) is 5.63. The third-order valence-electron chi connectivity index (χ3n) is 2.79. The zero-order valence-electron chi connectivity index (χ0n) is 11.5. The van der Waals surface area contributed by atoms with Crippen LogP contribution in [0.25, 0.3) is 0 Å². The van der Waals surface area contributed by atoms with Crippen molar-refractivity contribution in [1.82, 2.24) is 15.1 Å². The number of aryl methyl sites for hydroxylation is 2. The minimum absolute atomic E-state index is 0.336. The maximum Gasteiger partial charge on any atom is 0.0641 e. The van der Waals surface area contributed by atoms with Crippen molar-refractivity contribution in [2.24, 2.45) is 5.41 Å². The van der Waals surface area contributed by atoms with E-state index in [9.17, 15) is 0 Å². The van der Waals surface area contributed by atoms with Gasteiger partial charge in [0.05, 0.1) is 5.69 Å². The van der Waals surface area contributed by atoms with Crippen molar-refractivity contribution in [3.63, 3.8) is 0 Å². The van der Waals surface area contributed by atoms with E-state index in [1.165, 1.54) is 11.3 Å². The molecule has 1 heterocycles. The Labute approximate surface area is 99.2 Å². The van der Waals surface area contributed by atoms with Gasteiger partial charge in [0.15, 0.2) is 0 Å². The Morgan fingerprint density at radius 2 is 1.88 bits per heavy atom. The molecular formula is C13H25N3. The van der Waals surface area contributed by atoms with Crippen LogP contribution in [0.4, 0.5) is 0 Å². The third-order valence-corrected chi connectivity index (χ3v) is 2.79. The summed E-state index contributed by atoms with van der Waals surface area (Å²) in [5, 5.41) is 8.03. The second-order valence-electron chi connectivity index (χ2n) is 5.63. The van der Waals surface area contributed by atoms with E-state index in [2.05, 4.69) is 56.6 Å². The fourth-order valence-corrected chi connectivity index (χ4v) is 1.86. The summed E-state index contributed by atoms with van der Waals surface area (Å²) < 4.78 is 2.07. The Morgan fingerprint density at radius 3 is 2.31 bits per heavy atom. The average molecular weight is 223 g/mol. The highest BCUT2D eigenvalue weighted by atomic mass is 15.3. The molecule has 3 heteroatoms. The normalized spacial score (nSPS) is 12.1. The van der Waals surface area contributed by atoms with E-state index in [0.29, 0.717) is 5.41 Å². The van der Waals surface area contributed by atoms with E-state index in [1.54, 1.807) is 0 Å². The van der Waals surface area contributed by atoms with Crippen LogP contribution in [0.1, 0.15) is 44.6 Å². The maximum atomic E-state index is 4.52. The number of hydrogen-bond acceptors (Lipinski definition) is 2. The molecule has 1 aromatic heterocycles. The fourth-order valence-electron chi connectivity index (χ4n) is 1.86. The lowest BCUT2D eigenvalue weighted by molar-refractivity contribution is 0.379. The highest BCUT2D eigenvalue weighted by molar-refractivity contribution is 5.24. The monoisotopic (exact) mass is 223 g/mol. The van der Waals surface area contributed by atoms with Crippen molar-refractivity contribution in [1.29, 1.82) is 0 Å². The topological polar surface area (TPSA) is 29.9 Å². The lowest BCUT2D eigenvalue weighted by Crippen LogP contribution is -2.26. The zero-order valence-corrected chi connectivity index (χ0v) is 11.5. The molecule has 0 saturated carbocycles. The predicted octanol–water partition coefficient (Wildman–Crippen LogP) is 2.66. The molecule has 0 bridgehead atoms. The molecule has 0 radical (unpaired) electrons. The Kier molecular flexibility index (Phi) is 4.14. The first kappa shape index (κ1) is 13.2. The van der Waals surface area contributed by atoms with Crippen molar-refractivity contribution in [2.45, 2.75) is 54.6 Å². The minimum Gasteiger partial charge on any atom is -0.312 e. The van der Waals surface area contributed by atoms with Gasteiger partial charge in [-0.15, -0.1) is 0 Å². The van der Waals surface area contributed by atoms with E-state index in [-0.39, 0.29) is 0 Å². The van der Waals surface area contributed by atoms with E-state index in [0.717, 1.165) is 25.3 Å². The fraction of sp³-hybridized carbons (Fsp3) is 0.769. The van der Waals surface area contributed by atoms with E-state index in [4.69, 9.17) is 0 Å². The molecule has 0 saturated heterocycles. The van der Waals surface area contributed by atoms with E-state index in [1.807, 2.05) is 0 Å². The van der Waals surface area contributed by atoms with Gasteiger partial charge < -0.3 is 5.32 Å². The standard InChI is InChI=1S/C13H25N3/c1-7-16-11(3)12(10(2)15-16)8-14-9-13(4,5)6/h14H,7-9H2,1-6H3. The SMILES string of the molecule is CCn1nc(C)c(CNCC(C)(C)C)c1C. The Hall–Kier alpha value is -0.830. The van der Waals surface area contributed by atoms with Gasteiger partial charge in [0.2, 0.25) is 0 Å². The van der Waals surface area contributed by atoms with Crippen LogP contribution in [0.3, 0.4) is 0 Å². The smallest absolute Gasteiger partial charge is 0.0641 e. The number of nitrogens with one attached hydrogen (secondary N) is 1. The van der Waals surface area contributed by atoms with Crippen molar-refractivity contribution >= 4 is 0 Å². The summed E-state index contributed by atoms with van der Waals surface area (Å²) in [6, 6.07) is 0. The summed E-state index contributed by atoms with van der Waals surface area (Å²) in [5.41, 5.74) is 4.14. The van der Waals surface area contributed by atoms with Crippen molar-refractivity contribution in [2.75, 3.05) is 6.54 Å². The average Bonchev–Trinajstić information content (AvgIpc) is 2.42. The number of rotatable bonds is 4. The Balaban J connectivity index is 2.64. The first-order chi connectivity index (χ1) is 7.35. The molecule has 0 spiro atoms. The molecule has 1 N–H and O–H groups in total. The zero-order chi connectivity index (χ0) is 12.3. The quantitative estimate of drug-likeness (QED) is 0.850. The lowest BCUT2D eigenvalue weighted by atomic mass is 9.97. The minimum atomic E-state index is 0.336. The molecule has 1 rings (SSSR count). The van der Waals surface area contributed by atoms with Crippen LogP contribution >= 0.6 is 0 Å². The molecule has 0 unspecified atom stereocenters. The van der Waals surface area contributed by atoms with Gasteiger partial charge in [-0.3, -0.25) is 4.68 Å². The predicted molar refractivity (Wildman–Crippen MR) is 68.5 cm³/mol. The molecule has 16 heavy (non-hydrogen) atoms. The van der Waals surface area contributed by atoms with Gasteiger partial charge in [-0.1, -0.05) is 20.8 Å². The summed E-state index contributed by atoms with van der Waals surface area (Å²) in [5.74, 6) is 0. The third kappa shape index (κ3) is 3.34. The van der Waals surface area contributed by atoms with Crippen LogP contribution in [-0.2, 0) is 13.1 Å². The van der Waals surface area contributed by atoms with Crippen LogP contribution in [0, 0.1) is 19.3 Å². The summed E-state index contributed by atoms with van der Waals surface area (Å²) in [6.07, 6.45) is 0. The summed E-state index contributed by atoms with van der Waals surface area (Å²) in [6.45, 7) is 16.0. The van der Waals surface area contributed by atoms with Gasteiger partial charge in [-0.25, -0.2) is 0 Å². The van der Waals surface area contributed by atoms with Crippen LogP contribution in [0.5, 0.6) is 0 Å². The van der Waals surface area contributed by atoms with Crippen molar-refractivity contribution < 1.29 is 0 Å². The van der Waals surface area contributed by atoms with Crippen molar-refractivity contribution in [3.8, 4) is 0 Å². The first-order valence-corrected chi connectivity index (χ1v) is 6.08. The molecule has 0 aliphatic carbocycles. The molecule has 0 aromatic carbocycles. The Bertz CT molecular complexity index is 345. The summed E-state index contributed by atoms with van der Waals surface area (Å²) >= 11 is 0. The molecule has 0 atom stereocenters. The largest absolute Gasteiger partial charge is 0.312 e. The summed E-state index contributed by atoms with van der Waals surface area (Å²) in [7, 11) is 0. The molecular weight excluding hydrogens is 198 g/mol. The van der Waals surface area contributed by atoms with Crippen LogP contribution < -0.4 is 5.32 Å². The van der Waals surface area contributed by atoms with Gasteiger partial charge in [-0.2, -0.15) is 5.10 Å². The molecule has 1 aromatic rings. The summed E-state index contributed by atoms with van der Waals surface area (Å²) in [4.78, 5) is 0. The number of nitrogens with zero attached hydrogens (tertiary/aromatic N) is 2. The molecule has 0 aliphatic heterocycles. The molecule has 92 valence electrons. The number of hydrogen-bond donors (Lipinski definition) is 1. The van der Waals surface area contributed by atoms with Crippen LogP contribution in [-0.4, -0.2) is 16.3 Å². The highest BCUT2D eigenvalue weighted by Gasteiger charge is 2.12. The molecule has 3 nitrogen and oxygen atoms in total. The molecule has 0 aliphatic rings. The number of aromatic nitrogens is 2. The maximum absolute atomic E-state index is 4.52. The van der Waals surface area contributed by atoms with Crippen molar-refractivity contribution in [3.05, 3.63) is 17.0 Å². The van der Waals surface area contributed by atoms with E-state index < -0.39 is 0 Å². The molecule has 0 amide bonds. The van der Waals surface area contributed by atoms with Gasteiger partial charge >= 0.3 is 0 Å². The van der Waals surface area contributed by atoms with E-state index >= 15 is 0 Å². The van der Waals surface area contributed by atoms with Gasteiger partial charge in [0.25, 0.3) is 0 Å². The Morgan fingerprint density at radius 1 is 1.25 bits per heavy atom. The first-order valence-electron chi connectivity index (χ1n) is 6.08. The van der Waals surface area contributed by atoms with Gasteiger partial charge in [0.1, 0.15) is 0 Å². The molecule has 0 fully saturated rings. The van der Waals surface area contributed by atoms with Gasteiger partial charge in [-0.05, 0) is 26.2 Å². The van der Waals surface area contributed by atoms with Gasteiger partial charge in [0, 0.05) is 30.9 Å². The van der Waals surface area contributed by atoms with Crippen LogP contribution in [0.2, 0.25) is 0 Å². The lowest BCUT2D eigenvalue weighted by Gasteiger charge is -2.18.